The molecule has 0 saturated carbocycles. The Balaban J connectivity index is 3.50. The van der Waals surface area contributed by atoms with E-state index in [-0.39, 0.29) is 17.8 Å². The fourth-order valence-corrected chi connectivity index (χ4v) is 1.76. The molecule has 0 unspecified atom stereocenters. The Kier molecular flexibility index (Phi) is 3.38. The Morgan fingerprint density at radius 3 is 2.71 bits per heavy atom. The van der Waals surface area contributed by atoms with Crippen LogP contribution >= 0.6 is 22.6 Å². The molecule has 0 amide bonds. The lowest BCUT2D eigenvalue weighted by molar-refractivity contribution is -0.385. The van der Waals surface area contributed by atoms with E-state index in [1.165, 1.54) is 6.07 Å². The van der Waals surface area contributed by atoms with E-state index in [9.17, 15) is 10.1 Å². The van der Waals surface area contributed by atoms with Gasteiger partial charge in [-0.3, -0.25) is 10.1 Å². The first-order valence-corrected chi connectivity index (χ1v) is 4.75. The fourth-order valence-electron chi connectivity index (χ4n) is 1.09. The fraction of sp³-hybridized carbons (Fsp3) is 0.125. The smallest absolute Gasteiger partial charge is 0.287 e. The van der Waals surface area contributed by atoms with Crippen molar-refractivity contribution in [2.75, 3.05) is 0 Å². The van der Waals surface area contributed by atoms with Gasteiger partial charge in [0.2, 0.25) is 0 Å². The first-order chi connectivity index (χ1) is 6.61. The van der Waals surface area contributed by atoms with Crippen LogP contribution in [0.25, 0.3) is 0 Å². The van der Waals surface area contributed by atoms with Gasteiger partial charge in [-0.05, 0) is 28.7 Å². The Morgan fingerprint density at radius 1 is 1.64 bits per heavy atom. The van der Waals surface area contributed by atoms with Crippen molar-refractivity contribution in [3.05, 3.63) is 36.9 Å². The zero-order valence-electron chi connectivity index (χ0n) is 7.03. The van der Waals surface area contributed by atoms with Crippen molar-refractivity contribution < 1.29 is 4.92 Å². The molecule has 0 atom stereocenters. The van der Waals surface area contributed by atoms with Crippen molar-refractivity contribution in [2.24, 2.45) is 5.73 Å². The second kappa shape index (κ2) is 4.34. The zero-order chi connectivity index (χ0) is 10.7. The van der Waals surface area contributed by atoms with Gasteiger partial charge in [0.1, 0.15) is 11.6 Å². The molecule has 5 nitrogen and oxygen atoms in total. The maximum Gasteiger partial charge on any atom is 0.287 e. The van der Waals surface area contributed by atoms with Crippen molar-refractivity contribution >= 4 is 28.3 Å². The van der Waals surface area contributed by atoms with Gasteiger partial charge in [-0.15, -0.1) is 0 Å². The van der Waals surface area contributed by atoms with Gasteiger partial charge in [-0.2, -0.15) is 5.26 Å². The molecule has 1 rings (SSSR count). The molecule has 0 heterocycles. The summed E-state index contributed by atoms with van der Waals surface area (Å²) in [4.78, 5) is 10.00. The predicted molar refractivity (Wildman–Crippen MR) is 58.4 cm³/mol. The molecule has 1 aromatic carbocycles. The van der Waals surface area contributed by atoms with Gasteiger partial charge in [-0.1, -0.05) is 0 Å². The van der Waals surface area contributed by atoms with Gasteiger partial charge >= 0.3 is 0 Å². The molecule has 1 aromatic rings. The molecule has 0 saturated heterocycles. The van der Waals surface area contributed by atoms with Crippen LogP contribution in [0, 0.1) is 25.0 Å². The quantitative estimate of drug-likeness (QED) is 0.509. The van der Waals surface area contributed by atoms with Gasteiger partial charge in [0, 0.05) is 21.7 Å². The van der Waals surface area contributed by atoms with Crippen LogP contribution in [-0.2, 0) is 6.54 Å². The second-order valence-electron chi connectivity index (χ2n) is 2.49. The number of benzene rings is 1. The van der Waals surface area contributed by atoms with Crippen LogP contribution in [0.5, 0.6) is 0 Å². The van der Waals surface area contributed by atoms with Gasteiger partial charge < -0.3 is 5.73 Å². The molecule has 2 N–H and O–H groups in total. The van der Waals surface area contributed by atoms with Crippen LogP contribution in [-0.4, -0.2) is 4.92 Å². The monoisotopic (exact) mass is 303 g/mol. The summed E-state index contributed by atoms with van der Waals surface area (Å²) in [7, 11) is 0. The Bertz CT molecular complexity index is 425. The Hall–Kier alpha value is -1.20. The van der Waals surface area contributed by atoms with Crippen molar-refractivity contribution in [3.63, 3.8) is 0 Å². The van der Waals surface area contributed by atoms with Crippen LogP contribution in [0.2, 0.25) is 0 Å². The van der Waals surface area contributed by atoms with Crippen molar-refractivity contribution in [1.29, 1.82) is 5.26 Å². The molecule has 0 aliphatic carbocycles. The van der Waals surface area contributed by atoms with Crippen molar-refractivity contribution in [3.8, 4) is 6.07 Å². The molecule has 0 aliphatic heterocycles. The van der Waals surface area contributed by atoms with Crippen LogP contribution in [0.4, 0.5) is 5.69 Å². The number of halogens is 1. The number of rotatable bonds is 2. The molecule has 0 spiro atoms. The number of nitro groups is 1. The maximum atomic E-state index is 10.6. The van der Waals surface area contributed by atoms with E-state index in [0.29, 0.717) is 5.56 Å². The number of hydrogen-bond donors (Lipinski definition) is 1. The lowest BCUT2D eigenvalue weighted by atomic mass is 10.1. The number of nitro benzene ring substituents is 1. The summed E-state index contributed by atoms with van der Waals surface area (Å²) in [5.41, 5.74) is 5.82. The minimum Gasteiger partial charge on any atom is -0.326 e. The summed E-state index contributed by atoms with van der Waals surface area (Å²) in [6.45, 7) is 0.128. The van der Waals surface area contributed by atoms with E-state index in [2.05, 4.69) is 0 Å². The second-order valence-corrected chi connectivity index (χ2v) is 3.66. The molecule has 0 bridgehead atoms. The highest BCUT2D eigenvalue weighted by Crippen LogP contribution is 2.25. The van der Waals surface area contributed by atoms with E-state index in [1.807, 2.05) is 28.7 Å². The molecule has 0 fully saturated rings. The summed E-state index contributed by atoms with van der Waals surface area (Å²) in [6.07, 6.45) is 0. The molecular formula is C8H6IN3O2. The Morgan fingerprint density at radius 2 is 2.29 bits per heavy atom. The summed E-state index contributed by atoms with van der Waals surface area (Å²) in [5.74, 6) is 0. The van der Waals surface area contributed by atoms with Crippen LogP contribution in [0.3, 0.4) is 0 Å². The highest BCUT2D eigenvalue weighted by Gasteiger charge is 2.18. The number of hydrogen-bond acceptors (Lipinski definition) is 4. The molecule has 0 aliphatic rings. The average Bonchev–Trinajstić information content (AvgIpc) is 2.16. The van der Waals surface area contributed by atoms with Crippen LogP contribution in [0.15, 0.2) is 12.1 Å². The van der Waals surface area contributed by atoms with E-state index in [1.54, 1.807) is 6.07 Å². The SMILES string of the molecule is N#Cc1c([N+](=O)[O-])ccc(I)c1CN. The standard InChI is InChI=1S/C8H6IN3O2/c9-7-1-2-8(12(13)14)6(4-11)5(7)3-10/h1-2H,3,10H2. The summed E-state index contributed by atoms with van der Waals surface area (Å²) < 4.78 is 0.771. The third-order valence-corrected chi connectivity index (χ3v) is 2.76. The predicted octanol–water partition coefficient (Wildman–Crippen LogP) is 1.53. The molecule has 0 aromatic heterocycles. The molecule has 6 heteroatoms. The van der Waals surface area contributed by atoms with Crippen molar-refractivity contribution in [2.45, 2.75) is 6.54 Å². The van der Waals surface area contributed by atoms with E-state index in [0.717, 1.165) is 3.57 Å². The Labute approximate surface area is 93.8 Å². The van der Waals surface area contributed by atoms with Crippen LogP contribution < -0.4 is 5.73 Å². The van der Waals surface area contributed by atoms with Gasteiger partial charge in [0.25, 0.3) is 5.69 Å². The summed E-state index contributed by atoms with van der Waals surface area (Å²) in [5, 5.41) is 19.4. The highest BCUT2D eigenvalue weighted by molar-refractivity contribution is 14.1. The lowest BCUT2D eigenvalue weighted by Gasteiger charge is -2.03. The molecule has 72 valence electrons. The number of nitrogens with zero attached hydrogens (tertiary/aromatic N) is 2. The third-order valence-electron chi connectivity index (χ3n) is 1.75. The van der Waals surface area contributed by atoms with Gasteiger partial charge in [-0.25, -0.2) is 0 Å². The summed E-state index contributed by atoms with van der Waals surface area (Å²) in [6, 6.07) is 4.71. The number of nitrogens with two attached hydrogens (primary N) is 1. The largest absolute Gasteiger partial charge is 0.326 e. The minimum atomic E-state index is -0.576. The van der Waals surface area contributed by atoms with Gasteiger partial charge in [0.15, 0.2) is 0 Å². The minimum absolute atomic E-state index is 0.0596. The molecular weight excluding hydrogens is 297 g/mol. The molecule has 0 radical (unpaired) electrons. The first-order valence-electron chi connectivity index (χ1n) is 3.67. The third kappa shape index (κ3) is 1.83. The highest BCUT2D eigenvalue weighted by atomic mass is 127. The van der Waals surface area contributed by atoms with E-state index >= 15 is 0 Å². The van der Waals surface area contributed by atoms with Crippen molar-refractivity contribution in [1.82, 2.24) is 0 Å². The lowest BCUT2D eigenvalue weighted by Crippen LogP contribution is -2.05. The van der Waals surface area contributed by atoms with E-state index in [4.69, 9.17) is 11.0 Å². The number of nitriles is 1. The maximum absolute atomic E-state index is 10.6. The first kappa shape index (κ1) is 10.9. The topological polar surface area (TPSA) is 92.9 Å². The van der Waals surface area contributed by atoms with Gasteiger partial charge in [0.05, 0.1) is 4.92 Å². The van der Waals surface area contributed by atoms with E-state index < -0.39 is 4.92 Å². The molecule has 14 heavy (non-hydrogen) atoms. The normalized spacial score (nSPS) is 9.50. The average molecular weight is 303 g/mol. The summed E-state index contributed by atoms with van der Waals surface area (Å²) >= 11 is 2.00. The van der Waals surface area contributed by atoms with Crippen LogP contribution in [0.1, 0.15) is 11.1 Å². The zero-order valence-corrected chi connectivity index (χ0v) is 9.19.